The van der Waals surface area contributed by atoms with Crippen molar-refractivity contribution in [3.05, 3.63) is 0 Å². The topological polar surface area (TPSA) is 35.6 Å². The summed E-state index contributed by atoms with van der Waals surface area (Å²) in [5.74, 6) is 0. The van der Waals surface area contributed by atoms with Crippen molar-refractivity contribution in [2.45, 2.75) is 38.1 Å². The lowest BCUT2D eigenvalue weighted by atomic mass is 10.2. The summed E-state index contributed by atoms with van der Waals surface area (Å²) < 4.78 is 0. The fourth-order valence-electron chi connectivity index (χ4n) is 2.70. The molecule has 0 aromatic rings. The van der Waals surface area contributed by atoms with Gasteiger partial charge >= 0.3 is 6.03 Å². The van der Waals surface area contributed by atoms with E-state index in [1.54, 1.807) is 0 Å². The summed E-state index contributed by atoms with van der Waals surface area (Å²) in [4.78, 5) is 15.9. The Balaban J connectivity index is 1.71. The quantitative estimate of drug-likeness (QED) is 0.782. The van der Waals surface area contributed by atoms with Crippen LogP contribution in [0.25, 0.3) is 0 Å². The van der Waals surface area contributed by atoms with E-state index >= 15 is 0 Å². The Morgan fingerprint density at radius 1 is 1.38 bits per heavy atom. The third-order valence-corrected chi connectivity index (χ3v) is 3.84. The van der Waals surface area contributed by atoms with E-state index in [1.807, 2.05) is 4.90 Å². The maximum atomic E-state index is 11.5. The predicted octanol–water partition coefficient (Wildman–Crippen LogP) is 1.28. The first kappa shape index (κ1) is 11.7. The minimum atomic E-state index is 0.117. The van der Waals surface area contributed by atoms with E-state index in [4.69, 9.17) is 0 Å². The molecule has 2 amide bonds. The molecule has 1 saturated carbocycles. The SMILES string of the molecule is CN(CCN1CCCNC1=O)C1CCCC1. The van der Waals surface area contributed by atoms with Gasteiger partial charge in [-0.15, -0.1) is 0 Å². The van der Waals surface area contributed by atoms with Crippen LogP contribution in [0.5, 0.6) is 0 Å². The van der Waals surface area contributed by atoms with E-state index in [1.165, 1.54) is 25.7 Å². The predicted molar refractivity (Wildman–Crippen MR) is 64.5 cm³/mol. The van der Waals surface area contributed by atoms with Gasteiger partial charge in [-0.25, -0.2) is 4.79 Å². The lowest BCUT2D eigenvalue weighted by molar-refractivity contribution is 0.166. The highest BCUT2D eigenvalue weighted by Crippen LogP contribution is 2.22. The smallest absolute Gasteiger partial charge is 0.317 e. The summed E-state index contributed by atoms with van der Waals surface area (Å²) in [7, 11) is 2.19. The molecule has 1 saturated heterocycles. The average molecular weight is 225 g/mol. The summed E-state index contributed by atoms with van der Waals surface area (Å²) in [6.45, 7) is 3.65. The summed E-state index contributed by atoms with van der Waals surface area (Å²) >= 11 is 0. The zero-order valence-electron chi connectivity index (χ0n) is 10.2. The molecule has 1 N–H and O–H groups in total. The molecule has 0 atom stereocenters. The van der Waals surface area contributed by atoms with Crippen LogP contribution in [0.1, 0.15) is 32.1 Å². The van der Waals surface area contributed by atoms with E-state index in [9.17, 15) is 4.79 Å². The number of carbonyl (C=O) groups excluding carboxylic acids is 1. The third kappa shape index (κ3) is 2.88. The van der Waals surface area contributed by atoms with Crippen molar-refractivity contribution in [2.24, 2.45) is 0 Å². The fourth-order valence-corrected chi connectivity index (χ4v) is 2.70. The minimum Gasteiger partial charge on any atom is -0.338 e. The van der Waals surface area contributed by atoms with Gasteiger partial charge in [-0.05, 0) is 26.3 Å². The van der Waals surface area contributed by atoms with E-state index in [-0.39, 0.29) is 6.03 Å². The molecule has 2 rings (SSSR count). The second-order valence-electron chi connectivity index (χ2n) is 4.99. The average Bonchev–Trinajstić information content (AvgIpc) is 2.81. The number of amides is 2. The van der Waals surface area contributed by atoms with E-state index < -0.39 is 0 Å². The Morgan fingerprint density at radius 3 is 2.81 bits per heavy atom. The first-order valence-corrected chi connectivity index (χ1v) is 6.50. The van der Waals surface area contributed by atoms with Gasteiger partial charge in [0, 0.05) is 32.2 Å². The number of carbonyl (C=O) groups is 1. The molecular weight excluding hydrogens is 202 g/mol. The number of rotatable bonds is 4. The first-order chi connectivity index (χ1) is 7.77. The van der Waals surface area contributed by atoms with Gasteiger partial charge in [0.2, 0.25) is 0 Å². The van der Waals surface area contributed by atoms with Crippen molar-refractivity contribution in [2.75, 3.05) is 33.2 Å². The Kier molecular flexibility index (Phi) is 4.04. The molecule has 0 spiro atoms. The molecule has 0 aromatic carbocycles. The molecule has 1 aliphatic heterocycles. The monoisotopic (exact) mass is 225 g/mol. The zero-order valence-corrected chi connectivity index (χ0v) is 10.2. The number of nitrogens with one attached hydrogen (secondary N) is 1. The van der Waals surface area contributed by atoms with Crippen LogP contribution in [0.15, 0.2) is 0 Å². The van der Waals surface area contributed by atoms with Crippen molar-refractivity contribution in [1.82, 2.24) is 15.1 Å². The summed E-state index contributed by atoms with van der Waals surface area (Å²) in [5.41, 5.74) is 0. The molecule has 92 valence electrons. The molecule has 4 heteroatoms. The molecule has 1 heterocycles. The number of hydrogen-bond donors (Lipinski definition) is 1. The standard InChI is InChI=1S/C12H23N3O/c1-14(11-5-2-3-6-11)9-10-15-8-4-7-13-12(15)16/h11H,2-10H2,1H3,(H,13,16). The molecule has 0 aromatic heterocycles. The van der Waals surface area contributed by atoms with Crippen LogP contribution in [-0.2, 0) is 0 Å². The van der Waals surface area contributed by atoms with Crippen LogP contribution in [0.4, 0.5) is 4.79 Å². The van der Waals surface area contributed by atoms with Crippen molar-refractivity contribution in [3.63, 3.8) is 0 Å². The molecule has 2 aliphatic rings. The largest absolute Gasteiger partial charge is 0.338 e. The van der Waals surface area contributed by atoms with Crippen molar-refractivity contribution in [3.8, 4) is 0 Å². The lowest BCUT2D eigenvalue weighted by Crippen LogP contribution is -2.49. The molecule has 16 heavy (non-hydrogen) atoms. The first-order valence-electron chi connectivity index (χ1n) is 6.50. The van der Waals surface area contributed by atoms with E-state index in [0.29, 0.717) is 0 Å². The van der Waals surface area contributed by atoms with Crippen LogP contribution in [0.2, 0.25) is 0 Å². The van der Waals surface area contributed by atoms with Crippen molar-refractivity contribution >= 4 is 6.03 Å². The van der Waals surface area contributed by atoms with Gasteiger partial charge in [0.05, 0.1) is 0 Å². The van der Waals surface area contributed by atoms with E-state index in [0.717, 1.165) is 38.6 Å². The van der Waals surface area contributed by atoms with Gasteiger partial charge in [0.15, 0.2) is 0 Å². The number of likely N-dealkylation sites (N-methyl/N-ethyl adjacent to an activating group) is 1. The highest BCUT2D eigenvalue weighted by Gasteiger charge is 2.21. The highest BCUT2D eigenvalue weighted by molar-refractivity contribution is 5.74. The van der Waals surface area contributed by atoms with Gasteiger partial charge in [-0.3, -0.25) is 0 Å². The van der Waals surface area contributed by atoms with Gasteiger partial charge in [0.1, 0.15) is 0 Å². The third-order valence-electron chi connectivity index (χ3n) is 3.84. The van der Waals surface area contributed by atoms with Gasteiger partial charge in [-0.2, -0.15) is 0 Å². The van der Waals surface area contributed by atoms with Crippen molar-refractivity contribution in [1.29, 1.82) is 0 Å². The number of hydrogen-bond acceptors (Lipinski definition) is 2. The highest BCUT2D eigenvalue weighted by atomic mass is 16.2. The molecule has 4 nitrogen and oxygen atoms in total. The molecule has 0 unspecified atom stereocenters. The fraction of sp³-hybridized carbons (Fsp3) is 0.917. The lowest BCUT2D eigenvalue weighted by Gasteiger charge is -2.31. The van der Waals surface area contributed by atoms with Gasteiger partial charge in [0.25, 0.3) is 0 Å². The van der Waals surface area contributed by atoms with Crippen LogP contribution in [-0.4, -0.2) is 55.1 Å². The normalized spacial score (nSPS) is 22.9. The zero-order chi connectivity index (χ0) is 11.4. The molecule has 0 bridgehead atoms. The summed E-state index contributed by atoms with van der Waals surface area (Å²) in [6, 6.07) is 0.874. The molecule has 0 radical (unpaired) electrons. The molecule has 2 fully saturated rings. The van der Waals surface area contributed by atoms with Crippen molar-refractivity contribution < 1.29 is 4.79 Å². The van der Waals surface area contributed by atoms with E-state index in [2.05, 4.69) is 17.3 Å². The Bertz CT molecular complexity index is 238. The van der Waals surface area contributed by atoms with Crippen LogP contribution >= 0.6 is 0 Å². The number of urea groups is 1. The molecule has 1 aliphatic carbocycles. The summed E-state index contributed by atoms with van der Waals surface area (Å²) in [6.07, 6.45) is 6.50. The van der Waals surface area contributed by atoms with Crippen LogP contribution in [0.3, 0.4) is 0 Å². The second kappa shape index (κ2) is 5.53. The molecular formula is C12H23N3O. The number of nitrogens with zero attached hydrogens (tertiary/aromatic N) is 2. The minimum absolute atomic E-state index is 0.117. The maximum absolute atomic E-state index is 11.5. The van der Waals surface area contributed by atoms with Crippen LogP contribution < -0.4 is 5.32 Å². The Labute approximate surface area is 98.0 Å². The van der Waals surface area contributed by atoms with Crippen LogP contribution in [0, 0.1) is 0 Å². The Hall–Kier alpha value is -0.770. The van der Waals surface area contributed by atoms with Gasteiger partial charge in [-0.1, -0.05) is 12.8 Å². The maximum Gasteiger partial charge on any atom is 0.317 e. The Morgan fingerprint density at radius 2 is 2.12 bits per heavy atom. The summed E-state index contributed by atoms with van der Waals surface area (Å²) in [5, 5.41) is 2.89. The second-order valence-corrected chi connectivity index (χ2v) is 4.99. The van der Waals surface area contributed by atoms with Gasteiger partial charge < -0.3 is 15.1 Å².